The third kappa shape index (κ3) is 6.07. The van der Waals surface area contributed by atoms with Crippen molar-refractivity contribution in [3.8, 4) is 5.75 Å². The Bertz CT molecular complexity index is 899. The lowest BCUT2D eigenvalue weighted by molar-refractivity contribution is -0.133. The quantitative estimate of drug-likeness (QED) is 0.740. The zero-order valence-electron chi connectivity index (χ0n) is 18.0. The van der Waals surface area contributed by atoms with Crippen LogP contribution in [0.3, 0.4) is 0 Å². The molecule has 0 saturated carbocycles. The molecule has 1 fully saturated rings. The van der Waals surface area contributed by atoms with E-state index in [0.717, 1.165) is 11.3 Å². The van der Waals surface area contributed by atoms with Gasteiger partial charge in [0.25, 0.3) is 5.91 Å². The summed E-state index contributed by atoms with van der Waals surface area (Å²) < 4.78 is 5.11. The maximum Gasteiger partial charge on any atom is 0.254 e. The van der Waals surface area contributed by atoms with Gasteiger partial charge in [-0.15, -0.1) is 0 Å². The molecule has 0 radical (unpaired) electrons. The van der Waals surface area contributed by atoms with Gasteiger partial charge < -0.3 is 19.9 Å². The first-order chi connectivity index (χ1) is 15.0. The molecule has 3 rings (SSSR count). The number of hydrogen-bond acceptors (Lipinski definition) is 4. The molecule has 0 aliphatic carbocycles. The van der Waals surface area contributed by atoms with E-state index >= 15 is 0 Å². The van der Waals surface area contributed by atoms with Crippen molar-refractivity contribution in [3.63, 3.8) is 0 Å². The van der Waals surface area contributed by atoms with Crippen molar-refractivity contribution in [2.75, 3.05) is 33.3 Å². The average Bonchev–Trinajstić information content (AvgIpc) is 2.79. The number of piperazine rings is 1. The van der Waals surface area contributed by atoms with E-state index in [1.165, 1.54) is 0 Å². The molecule has 2 aromatic rings. The van der Waals surface area contributed by atoms with Gasteiger partial charge in [0.15, 0.2) is 0 Å². The summed E-state index contributed by atoms with van der Waals surface area (Å²) in [6.07, 6.45) is 0.503. The Balaban J connectivity index is 1.41. The predicted octanol–water partition coefficient (Wildman–Crippen LogP) is 2.12. The van der Waals surface area contributed by atoms with Gasteiger partial charge in [-0.1, -0.05) is 30.3 Å². The number of carbonyl (C=O) groups excluding carboxylic acids is 3. The summed E-state index contributed by atoms with van der Waals surface area (Å²) in [7, 11) is 1.60. The molecule has 2 aromatic carbocycles. The highest BCUT2D eigenvalue weighted by Gasteiger charge is 2.30. The summed E-state index contributed by atoms with van der Waals surface area (Å²) in [6, 6.07) is 16.5. The number of nitrogens with zero attached hydrogens (tertiary/aromatic N) is 2. The van der Waals surface area contributed by atoms with Crippen molar-refractivity contribution < 1.29 is 19.1 Å². The first-order valence-corrected chi connectivity index (χ1v) is 10.5. The molecule has 1 aliphatic rings. The number of hydrogen-bond donors (Lipinski definition) is 1. The molecular weight excluding hydrogens is 394 g/mol. The van der Waals surface area contributed by atoms with Crippen molar-refractivity contribution in [1.82, 2.24) is 15.1 Å². The first-order valence-electron chi connectivity index (χ1n) is 10.5. The van der Waals surface area contributed by atoms with Crippen LogP contribution in [0.1, 0.15) is 29.3 Å². The van der Waals surface area contributed by atoms with E-state index in [1.807, 2.05) is 54.3 Å². The summed E-state index contributed by atoms with van der Waals surface area (Å²) in [6.45, 7) is 3.76. The van der Waals surface area contributed by atoms with Gasteiger partial charge in [-0.3, -0.25) is 14.4 Å². The molecule has 1 unspecified atom stereocenters. The van der Waals surface area contributed by atoms with Crippen LogP contribution in [-0.4, -0.2) is 66.9 Å². The Kier molecular flexibility index (Phi) is 7.65. The van der Waals surface area contributed by atoms with Crippen LogP contribution in [0, 0.1) is 0 Å². The van der Waals surface area contributed by atoms with Crippen molar-refractivity contribution in [1.29, 1.82) is 0 Å². The highest BCUT2D eigenvalue weighted by molar-refractivity contribution is 5.94. The zero-order valence-corrected chi connectivity index (χ0v) is 18.0. The molecule has 7 heteroatoms. The minimum absolute atomic E-state index is 0.00834. The Morgan fingerprint density at radius 1 is 1.03 bits per heavy atom. The number of amides is 3. The van der Waals surface area contributed by atoms with Crippen molar-refractivity contribution >= 4 is 17.7 Å². The van der Waals surface area contributed by atoms with Crippen LogP contribution in [0.2, 0.25) is 0 Å². The Hall–Kier alpha value is -3.35. The minimum Gasteiger partial charge on any atom is -0.497 e. The molecule has 7 nitrogen and oxygen atoms in total. The highest BCUT2D eigenvalue weighted by Crippen LogP contribution is 2.15. The van der Waals surface area contributed by atoms with Crippen LogP contribution in [0.15, 0.2) is 54.6 Å². The van der Waals surface area contributed by atoms with Crippen LogP contribution in [-0.2, 0) is 16.0 Å². The second-order valence-electron chi connectivity index (χ2n) is 7.68. The normalized spacial score (nSPS) is 16.0. The third-order valence-corrected chi connectivity index (χ3v) is 5.45. The fourth-order valence-electron chi connectivity index (χ4n) is 3.69. The van der Waals surface area contributed by atoms with Gasteiger partial charge in [-0.25, -0.2) is 0 Å². The lowest BCUT2D eigenvalue weighted by atomic mass is 10.1. The van der Waals surface area contributed by atoms with E-state index in [1.54, 1.807) is 24.1 Å². The molecule has 1 heterocycles. The molecule has 1 N–H and O–H groups in total. The summed E-state index contributed by atoms with van der Waals surface area (Å²) in [4.78, 5) is 41.0. The Morgan fingerprint density at radius 3 is 2.39 bits per heavy atom. The fraction of sp³-hybridized carbons (Fsp3) is 0.375. The molecule has 0 aromatic heterocycles. The third-order valence-electron chi connectivity index (χ3n) is 5.45. The topological polar surface area (TPSA) is 79.0 Å². The van der Waals surface area contributed by atoms with Crippen molar-refractivity contribution in [2.24, 2.45) is 0 Å². The summed E-state index contributed by atoms with van der Waals surface area (Å²) in [5.74, 6) is 0.605. The molecule has 1 aliphatic heterocycles. The predicted molar refractivity (Wildman–Crippen MR) is 118 cm³/mol. The molecule has 31 heavy (non-hydrogen) atoms. The molecule has 3 amide bonds. The Morgan fingerprint density at radius 2 is 1.74 bits per heavy atom. The van der Waals surface area contributed by atoms with Crippen LogP contribution in [0.5, 0.6) is 5.75 Å². The van der Waals surface area contributed by atoms with E-state index in [-0.39, 0.29) is 36.6 Å². The SMILES string of the molecule is COc1ccc(CC(=O)NCCC(=O)N2CCN(C(=O)c3ccccc3)C(C)C2)cc1. The van der Waals surface area contributed by atoms with E-state index in [0.29, 0.717) is 31.7 Å². The van der Waals surface area contributed by atoms with Crippen LogP contribution in [0.25, 0.3) is 0 Å². The summed E-state index contributed by atoms with van der Waals surface area (Å²) in [5.41, 5.74) is 1.55. The smallest absolute Gasteiger partial charge is 0.254 e. The average molecular weight is 424 g/mol. The van der Waals surface area contributed by atoms with E-state index in [9.17, 15) is 14.4 Å². The maximum atomic E-state index is 12.7. The van der Waals surface area contributed by atoms with Gasteiger partial charge >= 0.3 is 0 Å². The summed E-state index contributed by atoms with van der Waals surface area (Å²) in [5, 5.41) is 2.81. The molecule has 164 valence electrons. The minimum atomic E-state index is -0.121. The van der Waals surface area contributed by atoms with E-state index in [4.69, 9.17) is 4.74 Å². The molecule has 0 spiro atoms. The number of nitrogens with one attached hydrogen (secondary N) is 1. The fourth-order valence-corrected chi connectivity index (χ4v) is 3.69. The van der Waals surface area contributed by atoms with Crippen LogP contribution >= 0.6 is 0 Å². The van der Waals surface area contributed by atoms with Gasteiger partial charge in [0.2, 0.25) is 11.8 Å². The first kappa shape index (κ1) is 22.3. The number of methoxy groups -OCH3 is 1. The second-order valence-corrected chi connectivity index (χ2v) is 7.68. The number of benzene rings is 2. The number of rotatable bonds is 7. The highest BCUT2D eigenvalue weighted by atomic mass is 16.5. The molecule has 0 bridgehead atoms. The van der Waals surface area contributed by atoms with Crippen molar-refractivity contribution in [2.45, 2.75) is 25.8 Å². The Labute approximate surface area is 183 Å². The number of carbonyl (C=O) groups is 3. The second kappa shape index (κ2) is 10.6. The lowest BCUT2D eigenvalue weighted by Gasteiger charge is -2.40. The van der Waals surface area contributed by atoms with E-state index < -0.39 is 0 Å². The zero-order chi connectivity index (χ0) is 22.2. The van der Waals surface area contributed by atoms with Gasteiger partial charge in [-0.2, -0.15) is 0 Å². The number of ether oxygens (including phenoxy) is 1. The standard InChI is InChI=1S/C24H29N3O4/c1-18-17-26(14-15-27(18)24(30)20-6-4-3-5-7-20)23(29)12-13-25-22(28)16-19-8-10-21(31-2)11-9-19/h3-11,18H,12-17H2,1-2H3,(H,25,28). The largest absolute Gasteiger partial charge is 0.497 e. The maximum absolute atomic E-state index is 12.7. The summed E-state index contributed by atoms with van der Waals surface area (Å²) >= 11 is 0. The van der Waals surface area contributed by atoms with Gasteiger partial charge in [0.05, 0.1) is 13.5 Å². The van der Waals surface area contributed by atoms with Crippen LogP contribution in [0.4, 0.5) is 0 Å². The van der Waals surface area contributed by atoms with E-state index in [2.05, 4.69) is 5.32 Å². The van der Waals surface area contributed by atoms with Gasteiger partial charge in [-0.05, 0) is 36.8 Å². The van der Waals surface area contributed by atoms with Gasteiger partial charge in [0.1, 0.15) is 5.75 Å². The molecular formula is C24H29N3O4. The van der Waals surface area contributed by atoms with Crippen molar-refractivity contribution in [3.05, 3.63) is 65.7 Å². The monoisotopic (exact) mass is 423 g/mol. The van der Waals surface area contributed by atoms with Crippen LogP contribution < -0.4 is 10.1 Å². The molecule has 1 saturated heterocycles. The lowest BCUT2D eigenvalue weighted by Crippen LogP contribution is -2.55. The molecule has 1 atom stereocenters. The van der Waals surface area contributed by atoms with Gasteiger partial charge in [0, 0.05) is 44.2 Å².